The predicted molar refractivity (Wildman–Crippen MR) is 80.0 cm³/mol. The van der Waals surface area contributed by atoms with Gasteiger partial charge in [-0.2, -0.15) is 5.10 Å². The van der Waals surface area contributed by atoms with Gasteiger partial charge in [-0.05, 0) is 25.6 Å². The van der Waals surface area contributed by atoms with Crippen molar-refractivity contribution >= 4 is 11.7 Å². The molecule has 0 spiro atoms. The average molecular weight is 272 g/mol. The summed E-state index contributed by atoms with van der Waals surface area (Å²) >= 11 is 0. The fourth-order valence-electron chi connectivity index (χ4n) is 2.04. The highest BCUT2D eigenvalue weighted by Gasteiger charge is 2.15. The SMILES string of the molecule is CNCC(C)C(=O)Nc1ccnn1-c1ccccc1C. The Hall–Kier alpha value is -2.14. The van der Waals surface area contributed by atoms with E-state index < -0.39 is 0 Å². The van der Waals surface area contributed by atoms with E-state index in [1.54, 1.807) is 16.9 Å². The number of hydrogen-bond acceptors (Lipinski definition) is 3. The Labute approximate surface area is 119 Å². The molecular formula is C15H20N4O. The lowest BCUT2D eigenvalue weighted by Crippen LogP contribution is -2.29. The number of carbonyl (C=O) groups is 1. The second-order valence-electron chi connectivity index (χ2n) is 4.86. The van der Waals surface area contributed by atoms with Gasteiger partial charge >= 0.3 is 0 Å². The molecule has 0 aliphatic heterocycles. The Bertz CT molecular complexity index is 591. The zero-order valence-electron chi connectivity index (χ0n) is 12.1. The van der Waals surface area contributed by atoms with Crippen molar-refractivity contribution in [2.24, 2.45) is 5.92 Å². The molecule has 0 radical (unpaired) electrons. The second-order valence-corrected chi connectivity index (χ2v) is 4.86. The molecule has 2 N–H and O–H groups in total. The molecule has 0 saturated carbocycles. The molecule has 0 aliphatic carbocycles. The van der Waals surface area contributed by atoms with Crippen molar-refractivity contribution in [3.05, 3.63) is 42.1 Å². The number of para-hydroxylation sites is 1. The van der Waals surface area contributed by atoms with E-state index in [-0.39, 0.29) is 11.8 Å². The Morgan fingerprint density at radius 2 is 2.10 bits per heavy atom. The number of rotatable bonds is 5. The highest BCUT2D eigenvalue weighted by molar-refractivity contribution is 5.91. The van der Waals surface area contributed by atoms with E-state index >= 15 is 0 Å². The number of nitrogens with zero attached hydrogens (tertiary/aromatic N) is 2. The van der Waals surface area contributed by atoms with Gasteiger partial charge in [0.25, 0.3) is 0 Å². The van der Waals surface area contributed by atoms with Gasteiger partial charge in [0.1, 0.15) is 5.82 Å². The normalized spacial score (nSPS) is 12.2. The van der Waals surface area contributed by atoms with E-state index in [1.807, 2.05) is 45.2 Å². The zero-order valence-corrected chi connectivity index (χ0v) is 12.1. The standard InChI is InChI=1S/C15H20N4O/c1-11-6-4-5-7-13(11)19-14(8-9-17-19)18-15(20)12(2)10-16-3/h4-9,12,16H,10H2,1-3H3,(H,18,20). The minimum absolute atomic E-state index is 0.0188. The lowest BCUT2D eigenvalue weighted by Gasteiger charge is -2.14. The molecule has 2 aromatic rings. The summed E-state index contributed by atoms with van der Waals surface area (Å²) in [5, 5.41) is 10.2. The van der Waals surface area contributed by atoms with Crippen molar-refractivity contribution in [1.29, 1.82) is 0 Å². The maximum absolute atomic E-state index is 12.1. The number of benzene rings is 1. The van der Waals surface area contributed by atoms with Gasteiger partial charge in [0.2, 0.25) is 5.91 Å². The Morgan fingerprint density at radius 3 is 2.80 bits per heavy atom. The van der Waals surface area contributed by atoms with Crippen LogP contribution in [0, 0.1) is 12.8 Å². The molecule has 1 heterocycles. The third-order valence-electron chi connectivity index (χ3n) is 3.20. The molecule has 1 aromatic carbocycles. The molecule has 2 rings (SSSR count). The van der Waals surface area contributed by atoms with Crippen LogP contribution in [0.4, 0.5) is 5.82 Å². The van der Waals surface area contributed by atoms with E-state index in [0.29, 0.717) is 12.4 Å². The van der Waals surface area contributed by atoms with Crippen LogP contribution >= 0.6 is 0 Å². The van der Waals surface area contributed by atoms with Crippen molar-refractivity contribution in [2.75, 3.05) is 18.9 Å². The third kappa shape index (κ3) is 3.05. The molecule has 20 heavy (non-hydrogen) atoms. The highest BCUT2D eigenvalue weighted by Crippen LogP contribution is 2.18. The van der Waals surface area contributed by atoms with Crippen LogP contribution in [0.2, 0.25) is 0 Å². The number of carbonyl (C=O) groups excluding carboxylic acids is 1. The summed E-state index contributed by atoms with van der Waals surface area (Å²) in [6.07, 6.45) is 1.69. The van der Waals surface area contributed by atoms with Crippen molar-refractivity contribution in [3.63, 3.8) is 0 Å². The summed E-state index contributed by atoms with van der Waals surface area (Å²) in [5.74, 6) is 0.571. The first-order valence-corrected chi connectivity index (χ1v) is 6.69. The molecule has 0 aliphatic rings. The van der Waals surface area contributed by atoms with Gasteiger partial charge in [0.05, 0.1) is 11.9 Å². The number of amides is 1. The van der Waals surface area contributed by atoms with Crippen LogP contribution in [0.25, 0.3) is 5.69 Å². The first-order chi connectivity index (χ1) is 9.63. The van der Waals surface area contributed by atoms with E-state index in [0.717, 1.165) is 11.3 Å². The maximum atomic E-state index is 12.1. The van der Waals surface area contributed by atoms with Crippen molar-refractivity contribution < 1.29 is 4.79 Å². The highest BCUT2D eigenvalue weighted by atomic mass is 16.2. The van der Waals surface area contributed by atoms with Gasteiger partial charge < -0.3 is 10.6 Å². The molecule has 5 heteroatoms. The number of aromatic nitrogens is 2. The quantitative estimate of drug-likeness (QED) is 0.875. The topological polar surface area (TPSA) is 59.0 Å². The largest absolute Gasteiger partial charge is 0.319 e. The van der Waals surface area contributed by atoms with Crippen molar-refractivity contribution in [3.8, 4) is 5.69 Å². The van der Waals surface area contributed by atoms with E-state index in [9.17, 15) is 4.79 Å². The van der Waals surface area contributed by atoms with E-state index in [2.05, 4.69) is 15.7 Å². The van der Waals surface area contributed by atoms with Crippen LogP contribution in [0.15, 0.2) is 36.5 Å². The summed E-state index contributed by atoms with van der Waals surface area (Å²) in [6, 6.07) is 9.74. The number of hydrogen-bond donors (Lipinski definition) is 2. The van der Waals surface area contributed by atoms with Crippen LogP contribution in [-0.2, 0) is 4.79 Å². The Kier molecular flexibility index (Phi) is 4.53. The lowest BCUT2D eigenvalue weighted by molar-refractivity contribution is -0.119. The molecular weight excluding hydrogens is 252 g/mol. The molecule has 0 bridgehead atoms. The first kappa shape index (κ1) is 14.3. The van der Waals surface area contributed by atoms with Gasteiger partial charge in [-0.1, -0.05) is 25.1 Å². The third-order valence-corrected chi connectivity index (χ3v) is 3.20. The molecule has 1 atom stereocenters. The number of anilines is 1. The fraction of sp³-hybridized carbons (Fsp3) is 0.333. The molecule has 106 valence electrons. The lowest BCUT2D eigenvalue weighted by atomic mass is 10.1. The Morgan fingerprint density at radius 1 is 1.35 bits per heavy atom. The van der Waals surface area contributed by atoms with Crippen molar-refractivity contribution in [1.82, 2.24) is 15.1 Å². The minimum atomic E-state index is -0.0970. The van der Waals surface area contributed by atoms with Crippen LogP contribution in [-0.4, -0.2) is 29.3 Å². The monoisotopic (exact) mass is 272 g/mol. The molecule has 1 unspecified atom stereocenters. The summed E-state index contributed by atoms with van der Waals surface area (Å²) in [7, 11) is 1.83. The smallest absolute Gasteiger partial charge is 0.229 e. The molecule has 1 amide bonds. The molecule has 0 saturated heterocycles. The number of aryl methyl sites for hydroxylation is 1. The van der Waals surface area contributed by atoms with Gasteiger partial charge in [-0.15, -0.1) is 0 Å². The van der Waals surface area contributed by atoms with Gasteiger partial charge in [-0.25, -0.2) is 4.68 Å². The van der Waals surface area contributed by atoms with Crippen LogP contribution in [0.5, 0.6) is 0 Å². The van der Waals surface area contributed by atoms with Gasteiger partial charge in [0.15, 0.2) is 0 Å². The number of nitrogens with one attached hydrogen (secondary N) is 2. The molecule has 1 aromatic heterocycles. The summed E-state index contributed by atoms with van der Waals surface area (Å²) < 4.78 is 1.75. The van der Waals surface area contributed by atoms with Crippen LogP contribution in [0.1, 0.15) is 12.5 Å². The zero-order chi connectivity index (χ0) is 14.5. The average Bonchev–Trinajstić information content (AvgIpc) is 2.87. The van der Waals surface area contributed by atoms with Crippen LogP contribution in [0.3, 0.4) is 0 Å². The summed E-state index contributed by atoms with van der Waals surface area (Å²) in [4.78, 5) is 12.1. The summed E-state index contributed by atoms with van der Waals surface area (Å²) in [5.41, 5.74) is 2.07. The van der Waals surface area contributed by atoms with Gasteiger partial charge in [-0.3, -0.25) is 4.79 Å². The van der Waals surface area contributed by atoms with E-state index in [1.165, 1.54) is 0 Å². The maximum Gasteiger partial charge on any atom is 0.229 e. The molecule has 5 nitrogen and oxygen atoms in total. The first-order valence-electron chi connectivity index (χ1n) is 6.69. The minimum Gasteiger partial charge on any atom is -0.319 e. The summed E-state index contributed by atoms with van der Waals surface area (Å²) in [6.45, 7) is 4.55. The second kappa shape index (κ2) is 6.34. The molecule has 0 fully saturated rings. The van der Waals surface area contributed by atoms with E-state index in [4.69, 9.17) is 0 Å². The predicted octanol–water partition coefficient (Wildman–Crippen LogP) is 1.97. The Balaban J connectivity index is 2.22. The van der Waals surface area contributed by atoms with Crippen LogP contribution < -0.4 is 10.6 Å². The van der Waals surface area contributed by atoms with Crippen molar-refractivity contribution in [2.45, 2.75) is 13.8 Å². The van der Waals surface area contributed by atoms with Gasteiger partial charge in [0, 0.05) is 18.5 Å². The fourth-order valence-corrected chi connectivity index (χ4v) is 2.04.